The topological polar surface area (TPSA) is 66.8 Å². The average molecular weight is 280 g/mol. The fourth-order valence-electron chi connectivity index (χ4n) is 0.930. The second-order valence-corrected chi connectivity index (χ2v) is 2.61. The van der Waals surface area contributed by atoms with Gasteiger partial charge in [0.2, 0.25) is 5.76 Å². The zero-order chi connectivity index (χ0) is 10.6. The van der Waals surface area contributed by atoms with Gasteiger partial charge in [0.25, 0.3) is 0 Å². The first-order valence-corrected chi connectivity index (χ1v) is 3.91. The van der Waals surface area contributed by atoms with Crippen LogP contribution in [0.5, 0.6) is 5.75 Å². The van der Waals surface area contributed by atoms with E-state index in [4.69, 9.17) is 10.2 Å². The summed E-state index contributed by atoms with van der Waals surface area (Å²) in [6, 6.07) is 6.14. The minimum absolute atomic E-state index is 0. The largest absolute Gasteiger partial charge is 0.508 e. The summed E-state index contributed by atoms with van der Waals surface area (Å²) >= 11 is 0. The van der Waals surface area contributed by atoms with Gasteiger partial charge in [-0.25, -0.2) is 4.79 Å². The molecular weight excluding hydrogens is 270 g/mol. The van der Waals surface area contributed by atoms with Gasteiger partial charge >= 0.3 is 5.97 Å². The normalized spacial score (nSPS) is 10.3. The van der Waals surface area contributed by atoms with E-state index in [0.29, 0.717) is 5.56 Å². The summed E-state index contributed by atoms with van der Waals surface area (Å²) in [6.45, 7) is 0. The molecule has 0 amide bonds. The van der Waals surface area contributed by atoms with Gasteiger partial charge in [-0.2, -0.15) is 0 Å². The van der Waals surface area contributed by atoms with E-state index in [0.717, 1.165) is 0 Å². The van der Waals surface area contributed by atoms with Gasteiger partial charge in [0.15, 0.2) is 0 Å². The molecule has 1 radical (unpaired) electrons. The van der Waals surface area contributed by atoms with Gasteiger partial charge in [0, 0.05) is 58.2 Å². The van der Waals surface area contributed by atoms with Crippen molar-refractivity contribution in [3.63, 3.8) is 0 Å². The van der Waals surface area contributed by atoms with Crippen LogP contribution in [0.25, 0.3) is 6.08 Å². The second kappa shape index (κ2) is 7.17. The average Bonchev–Trinajstić information content (AvgIpc) is 2.16. The van der Waals surface area contributed by atoms with Crippen LogP contribution in [0.4, 0.5) is 0 Å². The summed E-state index contributed by atoms with van der Waals surface area (Å²) in [5, 5.41) is 17.6. The molecule has 0 heterocycles. The van der Waals surface area contributed by atoms with Gasteiger partial charge in [-0.1, -0.05) is 12.1 Å². The first kappa shape index (κ1) is 14.8. The Bertz CT molecular complexity index is 356. The predicted octanol–water partition coefficient (Wildman–Crippen LogP) is 1.08. The first-order valence-electron chi connectivity index (χ1n) is 3.91. The van der Waals surface area contributed by atoms with Gasteiger partial charge in [-0.05, 0) is 23.8 Å². The number of phenolic OH excluding ortho intramolecular Hbond substituents is 1. The molecule has 75 valence electrons. The Morgan fingerprint density at radius 2 is 1.87 bits per heavy atom. The molecular formula is C10H10O4Rb. The fourth-order valence-corrected chi connectivity index (χ4v) is 0.930. The third-order valence-corrected chi connectivity index (χ3v) is 1.62. The van der Waals surface area contributed by atoms with E-state index in [9.17, 15) is 4.79 Å². The Morgan fingerprint density at radius 1 is 1.33 bits per heavy atom. The van der Waals surface area contributed by atoms with Crippen molar-refractivity contribution in [2.24, 2.45) is 0 Å². The Morgan fingerprint density at radius 3 is 2.27 bits per heavy atom. The first-order chi connectivity index (χ1) is 6.63. The number of aromatic hydroxyl groups is 1. The van der Waals surface area contributed by atoms with E-state index < -0.39 is 5.97 Å². The number of ether oxygens (including phenoxy) is 1. The molecule has 0 spiro atoms. The van der Waals surface area contributed by atoms with Gasteiger partial charge in [-0.15, -0.1) is 0 Å². The molecule has 0 atom stereocenters. The number of hydrogen-bond acceptors (Lipinski definition) is 3. The van der Waals surface area contributed by atoms with Crippen LogP contribution in [0.1, 0.15) is 5.56 Å². The molecule has 2 N–H and O–H groups in total. The molecule has 0 bridgehead atoms. The molecule has 5 heteroatoms. The minimum Gasteiger partial charge on any atom is -0.508 e. The van der Waals surface area contributed by atoms with E-state index >= 15 is 0 Å². The maximum Gasteiger partial charge on any atom is 0.371 e. The number of hydrogen-bond donors (Lipinski definition) is 2. The number of methoxy groups -OCH3 is 1. The van der Waals surface area contributed by atoms with Crippen LogP contribution < -0.4 is 0 Å². The number of carboxylic acid groups (broad SMARTS) is 1. The van der Waals surface area contributed by atoms with E-state index in [1.165, 1.54) is 25.3 Å². The monoisotopic (exact) mass is 279 g/mol. The number of phenols is 1. The van der Waals surface area contributed by atoms with Crippen molar-refractivity contribution in [2.75, 3.05) is 7.11 Å². The summed E-state index contributed by atoms with van der Waals surface area (Å²) in [7, 11) is 1.29. The van der Waals surface area contributed by atoms with Gasteiger partial charge in [0.1, 0.15) is 5.75 Å². The molecule has 1 aromatic rings. The summed E-state index contributed by atoms with van der Waals surface area (Å²) in [4.78, 5) is 10.6. The van der Waals surface area contributed by atoms with Crippen molar-refractivity contribution < 1.29 is 19.7 Å². The molecule has 0 fully saturated rings. The zero-order valence-electron chi connectivity index (χ0n) is 8.60. The quantitative estimate of drug-likeness (QED) is 0.642. The van der Waals surface area contributed by atoms with Crippen LogP contribution in [0.2, 0.25) is 0 Å². The third kappa shape index (κ3) is 4.93. The maximum atomic E-state index is 10.6. The Balaban J connectivity index is 0.00000196. The Kier molecular flexibility index (Phi) is 7.09. The van der Waals surface area contributed by atoms with Crippen LogP contribution in [0, 0.1) is 0 Å². The van der Waals surface area contributed by atoms with Crippen LogP contribution in [0.15, 0.2) is 30.0 Å². The van der Waals surface area contributed by atoms with Crippen molar-refractivity contribution in [1.82, 2.24) is 0 Å². The summed E-state index contributed by atoms with van der Waals surface area (Å²) in [6.07, 6.45) is 1.38. The van der Waals surface area contributed by atoms with Crippen LogP contribution in [-0.2, 0) is 9.53 Å². The number of rotatable bonds is 3. The SMILES string of the molecule is COC(=Cc1ccc(O)cc1)C(=O)O.[Rb]. The number of benzene rings is 1. The van der Waals surface area contributed by atoms with Crippen LogP contribution >= 0.6 is 0 Å². The van der Waals surface area contributed by atoms with Gasteiger partial charge in [-0.3, -0.25) is 0 Å². The van der Waals surface area contributed by atoms with E-state index in [2.05, 4.69) is 4.74 Å². The molecule has 1 aromatic carbocycles. The number of aliphatic carboxylic acids is 1. The smallest absolute Gasteiger partial charge is 0.371 e. The van der Waals surface area contributed by atoms with Crippen molar-refractivity contribution in [2.45, 2.75) is 0 Å². The second-order valence-electron chi connectivity index (χ2n) is 2.61. The summed E-state index contributed by atoms with van der Waals surface area (Å²) in [5.41, 5.74) is 0.655. The summed E-state index contributed by atoms with van der Waals surface area (Å²) in [5.74, 6) is -1.13. The van der Waals surface area contributed by atoms with Crippen molar-refractivity contribution >= 4 is 70.2 Å². The summed E-state index contributed by atoms with van der Waals surface area (Å²) < 4.78 is 4.64. The van der Waals surface area contributed by atoms with Crippen molar-refractivity contribution in [3.05, 3.63) is 35.6 Å². The van der Waals surface area contributed by atoms with Crippen molar-refractivity contribution in [1.29, 1.82) is 0 Å². The molecule has 0 saturated heterocycles. The molecule has 0 aliphatic carbocycles. The minimum atomic E-state index is -1.12. The predicted molar refractivity (Wildman–Crippen MR) is 56.5 cm³/mol. The molecule has 1 rings (SSSR count). The Labute approximate surface area is 136 Å². The van der Waals surface area contributed by atoms with Crippen LogP contribution in [0.3, 0.4) is 0 Å². The fraction of sp³-hybridized carbons (Fsp3) is 0.100. The zero-order valence-corrected chi connectivity index (χ0v) is 13.5. The molecule has 0 unspecified atom stereocenters. The molecule has 0 saturated carbocycles. The van der Waals surface area contributed by atoms with Crippen molar-refractivity contribution in [3.8, 4) is 5.75 Å². The molecule has 0 aromatic heterocycles. The molecule has 4 nitrogen and oxygen atoms in total. The van der Waals surface area contributed by atoms with Gasteiger partial charge < -0.3 is 14.9 Å². The van der Waals surface area contributed by atoms with Crippen LogP contribution in [-0.4, -0.2) is 81.5 Å². The van der Waals surface area contributed by atoms with E-state index in [-0.39, 0.29) is 69.7 Å². The molecule has 0 aliphatic heterocycles. The Hall–Kier alpha value is -0.165. The number of carbonyl (C=O) groups is 1. The number of carboxylic acids is 1. The standard InChI is InChI=1S/C10H10O4.Rb/c1-14-9(10(12)13)6-7-2-4-8(11)5-3-7;/h2-6,11H,1H3,(H,12,13);. The molecule has 15 heavy (non-hydrogen) atoms. The molecule has 0 aliphatic rings. The van der Waals surface area contributed by atoms with E-state index in [1.807, 2.05) is 0 Å². The van der Waals surface area contributed by atoms with Gasteiger partial charge in [0.05, 0.1) is 7.11 Å². The third-order valence-electron chi connectivity index (χ3n) is 1.62. The van der Waals surface area contributed by atoms with E-state index in [1.54, 1.807) is 12.1 Å². The maximum absolute atomic E-state index is 10.6.